The van der Waals surface area contributed by atoms with E-state index in [2.05, 4.69) is 4.74 Å². The molecule has 84 valence electrons. The first kappa shape index (κ1) is 10.6. The van der Waals surface area contributed by atoms with Crippen molar-refractivity contribution >= 4 is 12.0 Å². The molecule has 0 spiro atoms. The summed E-state index contributed by atoms with van der Waals surface area (Å²) in [5.41, 5.74) is 0.689. The summed E-state index contributed by atoms with van der Waals surface area (Å²) in [4.78, 5) is 23.7. The van der Waals surface area contributed by atoms with Crippen LogP contribution in [0.25, 0.3) is 0 Å². The minimum absolute atomic E-state index is 0.218. The summed E-state index contributed by atoms with van der Waals surface area (Å²) < 4.78 is 17.3. The predicted octanol–water partition coefficient (Wildman–Crippen LogP) is 1.87. The highest BCUT2D eigenvalue weighted by Crippen LogP contribution is 2.24. The van der Waals surface area contributed by atoms with Crippen LogP contribution in [0.3, 0.4) is 0 Å². The molecule has 0 unspecified atom stereocenters. The Labute approximate surface area is 91.6 Å². The van der Waals surface area contributed by atoms with Crippen molar-refractivity contribution in [2.24, 2.45) is 0 Å². The van der Waals surface area contributed by atoms with Crippen LogP contribution in [0.15, 0.2) is 24.3 Å². The fourth-order valence-electron chi connectivity index (χ4n) is 1.63. The summed E-state index contributed by atoms with van der Waals surface area (Å²) in [7, 11) is 0. The van der Waals surface area contributed by atoms with E-state index in [-0.39, 0.29) is 18.3 Å². The first-order valence-electron chi connectivity index (χ1n) is 4.84. The van der Waals surface area contributed by atoms with Gasteiger partial charge in [0, 0.05) is 0 Å². The van der Waals surface area contributed by atoms with Crippen LogP contribution in [0.2, 0.25) is 0 Å². The molecular formula is C11H10FNO3. The Kier molecular flexibility index (Phi) is 2.60. The van der Waals surface area contributed by atoms with Crippen LogP contribution >= 0.6 is 0 Å². The van der Waals surface area contributed by atoms with Gasteiger partial charge in [-0.1, -0.05) is 12.1 Å². The zero-order valence-corrected chi connectivity index (χ0v) is 8.64. The van der Waals surface area contributed by atoms with Crippen molar-refractivity contribution in [1.82, 2.24) is 4.90 Å². The first-order valence-corrected chi connectivity index (χ1v) is 4.84. The number of halogens is 1. The molecule has 1 heterocycles. The number of cyclic esters (lactones) is 1. The highest BCUT2D eigenvalue weighted by Gasteiger charge is 2.35. The van der Waals surface area contributed by atoms with Crippen molar-refractivity contribution in [1.29, 1.82) is 0 Å². The lowest BCUT2D eigenvalue weighted by Gasteiger charge is -2.20. The average Bonchev–Trinajstić information content (AvgIpc) is 2.59. The second-order valence-electron chi connectivity index (χ2n) is 3.55. The summed E-state index contributed by atoms with van der Waals surface area (Å²) in [6.07, 6.45) is -0.651. The summed E-state index contributed by atoms with van der Waals surface area (Å²) in [5, 5.41) is 0. The number of benzene rings is 1. The molecule has 1 saturated heterocycles. The molecule has 1 fully saturated rings. The van der Waals surface area contributed by atoms with Crippen molar-refractivity contribution < 1.29 is 18.7 Å². The first-order chi connectivity index (χ1) is 7.59. The quantitative estimate of drug-likeness (QED) is 0.768. The van der Waals surface area contributed by atoms with Gasteiger partial charge in [-0.3, -0.25) is 4.79 Å². The maximum atomic E-state index is 12.7. The zero-order chi connectivity index (χ0) is 11.7. The molecule has 16 heavy (non-hydrogen) atoms. The normalized spacial score (nSPS) is 17.5. The van der Waals surface area contributed by atoms with Gasteiger partial charge in [0.2, 0.25) is 0 Å². The van der Waals surface area contributed by atoms with Crippen LogP contribution in [0.4, 0.5) is 9.18 Å². The molecule has 1 aliphatic heterocycles. The molecule has 1 aromatic carbocycles. The van der Waals surface area contributed by atoms with Crippen LogP contribution < -0.4 is 0 Å². The Morgan fingerprint density at radius 3 is 2.44 bits per heavy atom. The molecule has 0 radical (unpaired) electrons. The second-order valence-corrected chi connectivity index (χ2v) is 3.55. The number of carbonyl (C=O) groups is 2. The Morgan fingerprint density at radius 1 is 1.31 bits per heavy atom. The SMILES string of the molecule is C[C@H](c1ccc(F)cc1)N1C(=O)COC1=O. The maximum absolute atomic E-state index is 12.7. The largest absolute Gasteiger partial charge is 0.439 e. The molecule has 1 aliphatic rings. The van der Waals surface area contributed by atoms with Crippen LogP contribution in [-0.4, -0.2) is 23.5 Å². The van der Waals surface area contributed by atoms with E-state index in [0.29, 0.717) is 5.56 Å². The molecule has 0 N–H and O–H groups in total. The lowest BCUT2D eigenvalue weighted by molar-refractivity contribution is -0.127. The van der Waals surface area contributed by atoms with Gasteiger partial charge in [0.25, 0.3) is 5.91 Å². The molecule has 2 rings (SSSR count). The lowest BCUT2D eigenvalue weighted by atomic mass is 10.1. The lowest BCUT2D eigenvalue weighted by Crippen LogP contribution is -2.31. The number of hydrogen-bond donors (Lipinski definition) is 0. The van der Waals surface area contributed by atoms with E-state index < -0.39 is 12.1 Å². The van der Waals surface area contributed by atoms with Crippen LogP contribution in [0, 0.1) is 5.82 Å². The molecule has 0 aliphatic carbocycles. The third-order valence-electron chi connectivity index (χ3n) is 2.52. The number of nitrogens with zero attached hydrogens (tertiary/aromatic N) is 1. The van der Waals surface area contributed by atoms with Gasteiger partial charge in [-0.15, -0.1) is 0 Å². The maximum Gasteiger partial charge on any atom is 0.417 e. The molecular weight excluding hydrogens is 213 g/mol. The van der Waals surface area contributed by atoms with E-state index in [0.717, 1.165) is 4.90 Å². The van der Waals surface area contributed by atoms with Crippen molar-refractivity contribution in [3.63, 3.8) is 0 Å². The van der Waals surface area contributed by atoms with Crippen molar-refractivity contribution in [2.75, 3.05) is 6.61 Å². The number of hydrogen-bond acceptors (Lipinski definition) is 3. The van der Waals surface area contributed by atoms with Crippen LogP contribution in [-0.2, 0) is 9.53 Å². The fraction of sp³-hybridized carbons (Fsp3) is 0.273. The third kappa shape index (κ3) is 1.76. The molecule has 0 bridgehead atoms. The van der Waals surface area contributed by atoms with Gasteiger partial charge >= 0.3 is 6.09 Å². The van der Waals surface area contributed by atoms with Crippen molar-refractivity contribution in [3.8, 4) is 0 Å². The number of carbonyl (C=O) groups excluding carboxylic acids is 2. The van der Waals surface area contributed by atoms with Gasteiger partial charge in [0.05, 0.1) is 6.04 Å². The third-order valence-corrected chi connectivity index (χ3v) is 2.52. The van der Waals surface area contributed by atoms with Crippen molar-refractivity contribution in [2.45, 2.75) is 13.0 Å². The highest BCUT2D eigenvalue weighted by atomic mass is 19.1. The van der Waals surface area contributed by atoms with Gasteiger partial charge in [-0.2, -0.15) is 0 Å². The topological polar surface area (TPSA) is 46.6 Å². The molecule has 0 aromatic heterocycles. The number of imide groups is 1. The van der Waals surface area contributed by atoms with Crippen LogP contribution in [0.1, 0.15) is 18.5 Å². The van der Waals surface area contributed by atoms with Gasteiger partial charge in [0.15, 0.2) is 6.61 Å². The van der Waals surface area contributed by atoms with Gasteiger partial charge in [-0.05, 0) is 24.6 Å². The standard InChI is InChI=1S/C11H10FNO3/c1-7(8-2-4-9(12)5-3-8)13-10(14)6-16-11(13)15/h2-5,7H,6H2,1H3/t7-/m1/s1. The van der Waals surface area contributed by atoms with E-state index in [1.165, 1.54) is 12.1 Å². The Morgan fingerprint density at radius 2 is 1.94 bits per heavy atom. The van der Waals surface area contributed by atoms with Gasteiger partial charge in [0.1, 0.15) is 5.82 Å². The monoisotopic (exact) mass is 223 g/mol. The van der Waals surface area contributed by atoms with Gasteiger partial charge < -0.3 is 4.74 Å². The number of ether oxygens (including phenoxy) is 1. The van der Waals surface area contributed by atoms with E-state index in [1.807, 2.05) is 0 Å². The molecule has 5 heteroatoms. The summed E-state index contributed by atoms with van der Waals surface area (Å²) in [6, 6.07) is 5.22. The molecule has 4 nitrogen and oxygen atoms in total. The fourth-order valence-corrected chi connectivity index (χ4v) is 1.63. The Balaban J connectivity index is 2.24. The van der Waals surface area contributed by atoms with E-state index in [4.69, 9.17) is 0 Å². The van der Waals surface area contributed by atoms with Crippen molar-refractivity contribution in [3.05, 3.63) is 35.6 Å². The molecule has 0 saturated carbocycles. The van der Waals surface area contributed by atoms with E-state index in [1.54, 1.807) is 19.1 Å². The predicted molar refractivity (Wildman–Crippen MR) is 53.0 cm³/mol. The number of rotatable bonds is 2. The van der Waals surface area contributed by atoms with E-state index >= 15 is 0 Å². The van der Waals surface area contributed by atoms with Crippen LogP contribution in [0.5, 0.6) is 0 Å². The van der Waals surface area contributed by atoms with E-state index in [9.17, 15) is 14.0 Å². The summed E-state index contributed by atoms with van der Waals surface area (Å²) >= 11 is 0. The molecule has 1 aromatic rings. The second kappa shape index (κ2) is 3.92. The number of amides is 2. The Hall–Kier alpha value is -1.91. The zero-order valence-electron chi connectivity index (χ0n) is 8.64. The Bertz CT molecular complexity index is 413. The molecule has 1 atom stereocenters. The molecule has 2 amide bonds. The minimum Gasteiger partial charge on any atom is -0.439 e. The average molecular weight is 223 g/mol. The smallest absolute Gasteiger partial charge is 0.417 e. The van der Waals surface area contributed by atoms with Gasteiger partial charge in [-0.25, -0.2) is 14.1 Å². The summed E-state index contributed by atoms with van der Waals surface area (Å²) in [5.74, 6) is -0.729. The minimum atomic E-state index is -0.651. The summed E-state index contributed by atoms with van der Waals surface area (Å²) in [6.45, 7) is 1.47. The highest BCUT2D eigenvalue weighted by molar-refractivity contribution is 5.98.